The second-order valence-electron chi connectivity index (χ2n) is 6.83. The van der Waals surface area contributed by atoms with Gasteiger partial charge in [-0.1, -0.05) is 0 Å². The molecule has 0 atom stereocenters. The van der Waals surface area contributed by atoms with Gasteiger partial charge in [-0.2, -0.15) is 5.10 Å². The van der Waals surface area contributed by atoms with E-state index in [0.717, 1.165) is 36.7 Å². The van der Waals surface area contributed by atoms with E-state index in [1.807, 2.05) is 51.0 Å². The molecule has 0 fully saturated rings. The number of hydrogen-bond donors (Lipinski definition) is 0. The van der Waals surface area contributed by atoms with Crippen LogP contribution in [0.15, 0.2) is 58.8 Å². The fourth-order valence-corrected chi connectivity index (χ4v) is 4.70. The van der Waals surface area contributed by atoms with Gasteiger partial charge in [0, 0.05) is 35.9 Å². The summed E-state index contributed by atoms with van der Waals surface area (Å²) < 4.78 is 10.2. The number of rotatable bonds is 5. The topological polar surface area (TPSA) is 52.0 Å². The molecule has 142 valence electrons. The van der Waals surface area contributed by atoms with Crippen molar-refractivity contribution in [2.45, 2.75) is 26.2 Å². The number of nitrogens with zero attached hydrogens (tertiary/aromatic N) is 5. The van der Waals surface area contributed by atoms with E-state index in [9.17, 15) is 0 Å². The van der Waals surface area contributed by atoms with Crippen LogP contribution in [-0.2, 0) is 26.2 Å². The lowest BCUT2D eigenvalue weighted by Gasteiger charge is -2.26. The first-order valence-electron chi connectivity index (χ1n) is 9.16. The first kappa shape index (κ1) is 17.5. The van der Waals surface area contributed by atoms with Crippen molar-refractivity contribution in [3.63, 3.8) is 0 Å². The van der Waals surface area contributed by atoms with Crippen LogP contribution in [0.1, 0.15) is 16.2 Å². The molecule has 0 amide bonds. The normalized spacial score (nSPS) is 14.3. The van der Waals surface area contributed by atoms with Crippen molar-refractivity contribution >= 4 is 23.6 Å². The van der Waals surface area contributed by atoms with Crippen LogP contribution in [0.5, 0.6) is 0 Å². The number of hydrogen-bond acceptors (Lipinski definition) is 6. The van der Waals surface area contributed by atoms with Crippen LogP contribution in [0.2, 0.25) is 0 Å². The number of furan rings is 1. The number of thiophene rings is 1. The van der Waals surface area contributed by atoms with Gasteiger partial charge in [0.1, 0.15) is 5.76 Å². The lowest BCUT2D eigenvalue weighted by Crippen LogP contribution is -2.32. The quantitative estimate of drug-likeness (QED) is 0.463. The molecular formula is C20H19N5OS2. The fraction of sp³-hybridized carbons (Fsp3) is 0.250. The summed E-state index contributed by atoms with van der Waals surface area (Å²) >= 11 is 7.64. The summed E-state index contributed by atoms with van der Waals surface area (Å²) in [5, 5.41) is 7.03. The van der Waals surface area contributed by atoms with Crippen molar-refractivity contribution in [2.24, 2.45) is 0 Å². The summed E-state index contributed by atoms with van der Waals surface area (Å²) in [6.07, 6.45) is 6.35. The molecule has 4 aromatic rings. The zero-order chi connectivity index (χ0) is 18.9. The van der Waals surface area contributed by atoms with Gasteiger partial charge in [-0.15, -0.1) is 11.3 Å². The summed E-state index contributed by atoms with van der Waals surface area (Å²) in [5.41, 5.74) is 2.36. The van der Waals surface area contributed by atoms with E-state index in [1.165, 1.54) is 10.4 Å². The van der Waals surface area contributed by atoms with Crippen molar-refractivity contribution in [2.75, 3.05) is 6.54 Å². The molecule has 0 spiro atoms. The Morgan fingerprint density at radius 2 is 2.18 bits per heavy atom. The third-order valence-corrected chi connectivity index (χ3v) is 6.41. The SMILES string of the molecule is S=c1n(CN2CCc3sccc3C2)nc(-c2cccnc2)n1Cc1ccco1. The van der Waals surface area contributed by atoms with Gasteiger partial charge in [0.2, 0.25) is 0 Å². The Balaban J connectivity index is 1.48. The van der Waals surface area contributed by atoms with Crippen molar-refractivity contribution in [3.05, 3.63) is 75.3 Å². The molecule has 5 heterocycles. The molecule has 6 nitrogen and oxygen atoms in total. The smallest absolute Gasteiger partial charge is 0.199 e. The van der Waals surface area contributed by atoms with E-state index in [0.29, 0.717) is 18.0 Å². The summed E-state index contributed by atoms with van der Waals surface area (Å²) in [6, 6.07) is 9.99. The van der Waals surface area contributed by atoms with Crippen LogP contribution in [-0.4, -0.2) is 30.8 Å². The van der Waals surface area contributed by atoms with E-state index < -0.39 is 0 Å². The highest BCUT2D eigenvalue weighted by Crippen LogP contribution is 2.25. The third kappa shape index (κ3) is 3.34. The highest BCUT2D eigenvalue weighted by atomic mass is 32.1. The molecule has 0 N–H and O–H groups in total. The Labute approximate surface area is 171 Å². The highest BCUT2D eigenvalue weighted by Gasteiger charge is 2.20. The van der Waals surface area contributed by atoms with Gasteiger partial charge < -0.3 is 4.42 Å². The summed E-state index contributed by atoms with van der Waals surface area (Å²) in [4.78, 5) is 8.13. The van der Waals surface area contributed by atoms with Crippen LogP contribution < -0.4 is 0 Å². The Morgan fingerprint density at radius 3 is 3.00 bits per heavy atom. The van der Waals surface area contributed by atoms with Crippen molar-refractivity contribution < 1.29 is 4.42 Å². The van der Waals surface area contributed by atoms with Crippen LogP contribution in [0.25, 0.3) is 11.4 Å². The first-order chi connectivity index (χ1) is 13.8. The standard InChI is InChI=1S/C20H19N5OS2/c27-20-24(13-17-4-2-9-26-17)19(15-3-1-7-21-11-15)22-25(20)14-23-8-5-18-16(12-23)6-10-28-18/h1-4,6-7,9-11H,5,8,12-14H2. The molecular weight excluding hydrogens is 390 g/mol. The van der Waals surface area contributed by atoms with E-state index >= 15 is 0 Å². The monoisotopic (exact) mass is 409 g/mol. The average Bonchev–Trinajstić information content (AvgIpc) is 3.46. The van der Waals surface area contributed by atoms with Crippen molar-refractivity contribution in [1.29, 1.82) is 0 Å². The molecule has 0 saturated carbocycles. The second-order valence-corrected chi connectivity index (χ2v) is 8.19. The van der Waals surface area contributed by atoms with Gasteiger partial charge in [0.15, 0.2) is 10.6 Å². The minimum Gasteiger partial charge on any atom is -0.467 e. The Bertz CT molecular complexity index is 1130. The molecule has 0 aliphatic carbocycles. The maximum atomic E-state index is 5.79. The van der Waals surface area contributed by atoms with Gasteiger partial charge in [-0.25, -0.2) is 4.68 Å². The average molecular weight is 410 g/mol. The maximum Gasteiger partial charge on any atom is 0.199 e. The summed E-state index contributed by atoms with van der Waals surface area (Å²) in [6.45, 7) is 3.17. The van der Waals surface area contributed by atoms with Crippen LogP contribution in [0.3, 0.4) is 0 Å². The van der Waals surface area contributed by atoms with Gasteiger partial charge in [0.25, 0.3) is 0 Å². The van der Waals surface area contributed by atoms with Gasteiger partial charge in [0.05, 0.1) is 19.5 Å². The Hall–Kier alpha value is -2.55. The van der Waals surface area contributed by atoms with E-state index in [-0.39, 0.29) is 0 Å². The molecule has 0 bridgehead atoms. The van der Waals surface area contributed by atoms with E-state index in [2.05, 4.69) is 21.3 Å². The predicted molar refractivity (Wildman–Crippen MR) is 111 cm³/mol. The second kappa shape index (κ2) is 7.46. The molecule has 4 aromatic heterocycles. The van der Waals surface area contributed by atoms with Gasteiger partial charge in [-0.05, 0) is 59.9 Å². The van der Waals surface area contributed by atoms with Crippen molar-refractivity contribution in [3.8, 4) is 11.4 Å². The summed E-state index contributed by atoms with van der Waals surface area (Å²) in [7, 11) is 0. The summed E-state index contributed by atoms with van der Waals surface area (Å²) in [5.74, 6) is 1.66. The molecule has 28 heavy (non-hydrogen) atoms. The fourth-order valence-electron chi connectivity index (χ4n) is 3.56. The third-order valence-electron chi connectivity index (χ3n) is 4.96. The van der Waals surface area contributed by atoms with Crippen LogP contribution >= 0.6 is 23.6 Å². The lowest BCUT2D eigenvalue weighted by molar-refractivity contribution is 0.189. The number of fused-ring (bicyclic) bond motifs is 1. The molecule has 0 aromatic carbocycles. The zero-order valence-corrected chi connectivity index (χ0v) is 16.8. The largest absolute Gasteiger partial charge is 0.467 e. The first-order valence-corrected chi connectivity index (χ1v) is 10.4. The number of aromatic nitrogens is 4. The zero-order valence-electron chi connectivity index (χ0n) is 15.2. The molecule has 1 aliphatic heterocycles. The molecule has 8 heteroatoms. The molecule has 1 aliphatic rings. The highest BCUT2D eigenvalue weighted by molar-refractivity contribution is 7.71. The van der Waals surface area contributed by atoms with Crippen molar-refractivity contribution in [1.82, 2.24) is 24.2 Å². The molecule has 0 saturated heterocycles. The molecule has 0 unspecified atom stereocenters. The Kier molecular flexibility index (Phi) is 4.67. The predicted octanol–water partition coefficient (Wildman–Crippen LogP) is 4.19. The number of pyridine rings is 1. The van der Waals surface area contributed by atoms with Crippen LogP contribution in [0, 0.1) is 4.77 Å². The maximum absolute atomic E-state index is 5.79. The molecule has 0 radical (unpaired) electrons. The van der Waals surface area contributed by atoms with Gasteiger partial charge in [-0.3, -0.25) is 14.5 Å². The molecule has 5 rings (SSSR count). The van der Waals surface area contributed by atoms with Gasteiger partial charge >= 0.3 is 0 Å². The minimum atomic E-state index is 0.546. The van der Waals surface area contributed by atoms with E-state index in [4.69, 9.17) is 21.7 Å². The van der Waals surface area contributed by atoms with E-state index in [1.54, 1.807) is 12.5 Å². The minimum absolute atomic E-state index is 0.546. The van der Waals surface area contributed by atoms with Crippen LogP contribution in [0.4, 0.5) is 0 Å². The Morgan fingerprint density at radius 1 is 1.21 bits per heavy atom. The lowest BCUT2D eigenvalue weighted by atomic mass is 10.1.